The van der Waals surface area contributed by atoms with Gasteiger partial charge in [-0.2, -0.15) is 0 Å². The van der Waals surface area contributed by atoms with Crippen molar-refractivity contribution in [3.8, 4) is 12.3 Å². The molecule has 0 saturated carbocycles. The van der Waals surface area contributed by atoms with Crippen LogP contribution in [-0.2, 0) is 14.4 Å². The first-order valence-electron chi connectivity index (χ1n) is 9.51. The molecule has 7 heteroatoms. The van der Waals surface area contributed by atoms with Crippen LogP contribution in [0.3, 0.4) is 0 Å². The third kappa shape index (κ3) is 4.57. The van der Waals surface area contributed by atoms with Crippen LogP contribution in [0.1, 0.15) is 58.8 Å². The number of rotatable bonds is 8. The van der Waals surface area contributed by atoms with Crippen molar-refractivity contribution in [2.45, 2.75) is 64.3 Å². The van der Waals surface area contributed by atoms with E-state index in [0.29, 0.717) is 24.2 Å². The lowest BCUT2D eigenvalue weighted by Gasteiger charge is -2.27. The number of allylic oxidation sites excluding steroid dienone is 1. The van der Waals surface area contributed by atoms with E-state index < -0.39 is 35.8 Å². The average molecular weight is 373 g/mol. The smallest absolute Gasteiger partial charge is 0.334 e. The number of imide groups is 2. The molecule has 0 aromatic carbocycles. The van der Waals surface area contributed by atoms with Gasteiger partial charge in [0, 0.05) is 6.54 Å². The van der Waals surface area contributed by atoms with Gasteiger partial charge in [0.25, 0.3) is 0 Å². The summed E-state index contributed by atoms with van der Waals surface area (Å²) in [6.45, 7) is 3.35. The van der Waals surface area contributed by atoms with Crippen molar-refractivity contribution >= 4 is 23.8 Å². The molecule has 27 heavy (non-hydrogen) atoms. The topological polar surface area (TPSA) is 86.8 Å². The molecule has 0 aromatic rings. The highest BCUT2D eigenvalue weighted by Crippen LogP contribution is 2.22. The van der Waals surface area contributed by atoms with Gasteiger partial charge >= 0.3 is 17.8 Å². The molecule has 2 rings (SSSR count). The first-order chi connectivity index (χ1) is 12.9. The maximum absolute atomic E-state index is 12.5. The Morgan fingerprint density at radius 3 is 2.41 bits per heavy atom. The lowest BCUT2D eigenvalue weighted by molar-refractivity contribution is -0.144. The molecule has 0 spiro atoms. The molecule has 1 fully saturated rings. The maximum Gasteiger partial charge on any atom is 0.334 e. The molecule has 5 amide bonds. The van der Waals surface area contributed by atoms with E-state index in [1.165, 1.54) is 5.57 Å². The second kappa shape index (κ2) is 8.85. The van der Waals surface area contributed by atoms with Gasteiger partial charge in [0.2, 0.25) is 5.91 Å². The largest absolute Gasteiger partial charge is 0.338 e. The summed E-state index contributed by atoms with van der Waals surface area (Å²) in [5.74, 6) is 0.169. The molecule has 7 nitrogen and oxygen atoms in total. The van der Waals surface area contributed by atoms with Crippen LogP contribution in [-0.4, -0.2) is 52.2 Å². The summed E-state index contributed by atoms with van der Waals surface area (Å²) in [6.07, 6.45) is 13.5. The highest BCUT2D eigenvalue weighted by molar-refractivity contribution is 6.45. The van der Waals surface area contributed by atoms with Gasteiger partial charge in [-0.1, -0.05) is 31.4 Å². The molecular weight excluding hydrogens is 346 g/mol. The monoisotopic (exact) mass is 373 g/mol. The highest BCUT2D eigenvalue weighted by atomic mass is 16.2. The molecule has 1 aliphatic heterocycles. The van der Waals surface area contributed by atoms with Gasteiger partial charge in [-0.25, -0.2) is 9.69 Å². The molecule has 1 heterocycles. The van der Waals surface area contributed by atoms with E-state index in [1.807, 2.05) is 13.8 Å². The van der Waals surface area contributed by atoms with Crippen LogP contribution in [0.4, 0.5) is 4.79 Å². The fourth-order valence-corrected chi connectivity index (χ4v) is 3.39. The fourth-order valence-electron chi connectivity index (χ4n) is 3.39. The van der Waals surface area contributed by atoms with Gasteiger partial charge in [-0.05, 0) is 44.9 Å². The predicted octanol–water partition coefficient (Wildman–Crippen LogP) is 1.98. The number of carbonyl (C=O) groups is 4. The summed E-state index contributed by atoms with van der Waals surface area (Å²) in [6, 6.07) is -0.740. The molecule has 0 bridgehead atoms. The number of nitrogens with one attached hydrogen (secondary N) is 1. The Hall–Kier alpha value is -2.62. The van der Waals surface area contributed by atoms with Crippen molar-refractivity contribution in [2.24, 2.45) is 0 Å². The van der Waals surface area contributed by atoms with Crippen LogP contribution in [0.25, 0.3) is 0 Å². The van der Waals surface area contributed by atoms with Crippen molar-refractivity contribution < 1.29 is 19.2 Å². The Kier molecular flexibility index (Phi) is 6.78. The minimum Gasteiger partial charge on any atom is -0.338 e. The zero-order chi connectivity index (χ0) is 20.0. The van der Waals surface area contributed by atoms with Crippen LogP contribution in [0, 0.1) is 12.3 Å². The van der Waals surface area contributed by atoms with Gasteiger partial charge in [-0.15, -0.1) is 6.42 Å². The standard InChI is InChI=1S/C20H27N3O4/c1-4-20(5-2,6-3)21-16(24)14-23-18(26)17(25)22(19(23)27)13-12-15-10-8-7-9-11-15/h1,10H,5-9,11-14H2,2-3H3,(H,21,24). The van der Waals surface area contributed by atoms with Crippen molar-refractivity contribution in [1.82, 2.24) is 15.1 Å². The fraction of sp³-hybridized carbons (Fsp3) is 0.600. The Labute approximate surface area is 160 Å². The summed E-state index contributed by atoms with van der Waals surface area (Å²) in [5, 5.41) is 2.70. The van der Waals surface area contributed by atoms with Crippen LogP contribution >= 0.6 is 0 Å². The number of hydrogen-bond acceptors (Lipinski definition) is 4. The number of urea groups is 1. The molecule has 0 unspecified atom stereocenters. The summed E-state index contributed by atoms with van der Waals surface area (Å²) in [7, 11) is 0. The Morgan fingerprint density at radius 1 is 1.19 bits per heavy atom. The number of terminal acetylenes is 1. The molecule has 146 valence electrons. The van der Waals surface area contributed by atoms with Crippen molar-refractivity contribution in [3.05, 3.63) is 11.6 Å². The molecule has 0 radical (unpaired) electrons. The zero-order valence-corrected chi connectivity index (χ0v) is 16.0. The molecule has 0 aromatic heterocycles. The number of hydrogen-bond donors (Lipinski definition) is 1. The van der Waals surface area contributed by atoms with Crippen molar-refractivity contribution in [3.63, 3.8) is 0 Å². The van der Waals surface area contributed by atoms with Crippen LogP contribution in [0.15, 0.2) is 11.6 Å². The van der Waals surface area contributed by atoms with E-state index in [-0.39, 0.29) is 6.54 Å². The van der Waals surface area contributed by atoms with Crippen LogP contribution in [0.2, 0.25) is 0 Å². The van der Waals surface area contributed by atoms with E-state index >= 15 is 0 Å². The predicted molar refractivity (Wildman–Crippen MR) is 100 cm³/mol. The average Bonchev–Trinajstić information content (AvgIpc) is 2.89. The molecule has 1 saturated heterocycles. The quantitative estimate of drug-likeness (QED) is 0.305. The molecular formula is C20H27N3O4. The first-order valence-corrected chi connectivity index (χ1v) is 9.51. The molecule has 2 aliphatic rings. The van der Waals surface area contributed by atoms with E-state index in [4.69, 9.17) is 6.42 Å². The molecule has 1 aliphatic carbocycles. The second-order valence-electron chi connectivity index (χ2n) is 6.97. The van der Waals surface area contributed by atoms with Gasteiger partial charge in [0.1, 0.15) is 12.1 Å². The summed E-state index contributed by atoms with van der Waals surface area (Å²) in [4.78, 5) is 50.7. The summed E-state index contributed by atoms with van der Waals surface area (Å²) in [5.41, 5.74) is 0.384. The summed E-state index contributed by atoms with van der Waals surface area (Å²) < 4.78 is 0. The molecule has 0 atom stereocenters. The number of carbonyl (C=O) groups excluding carboxylic acids is 4. The van der Waals surface area contributed by atoms with E-state index in [2.05, 4.69) is 17.3 Å². The van der Waals surface area contributed by atoms with E-state index in [9.17, 15) is 19.2 Å². The van der Waals surface area contributed by atoms with Crippen molar-refractivity contribution in [2.75, 3.05) is 13.1 Å². The third-order valence-corrected chi connectivity index (χ3v) is 5.34. The minimum atomic E-state index is -0.966. The first kappa shape index (κ1) is 20.7. The Balaban J connectivity index is 1.99. The van der Waals surface area contributed by atoms with Gasteiger partial charge < -0.3 is 5.32 Å². The normalized spacial score (nSPS) is 17.8. The van der Waals surface area contributed by atoms with Crippen molar-refractivity contribution in [1.29, 1.82) is 0 Å². The Bertz CT molecular complexity index is 701. The minimum absolute atomic E-state index is 0.158. The van der Waals surface area contributed by atoms with Crippen LogP contribution in [0.5, 0.6) is 0 Å². The number of amides is 5. The van der Waals surface area contributed by atoms with Gasteiger partial charge in [-0.3, -0.25) is 19.3 Å². The lowest BCUT2D eigenvalue weighted by Crippen LogP contribution is -2.51. The summed E-state index contributed by atoms with van der Waals surface area (Å²) >= 11 is 0. The lowest BCUT2D eigenvalue weighted by atomic mass is 9.94. The maximum atomic E-state index is 12.5. The second-order valence-corrected chi connectivity index (χ2v) is 6.97. The molecule has 1 N–H and O–H groups in total. The highest BCUT2D eigenvalue weighted by Gasteiger charge is 2.45. The van der Waals surface area contributed by atoms with Gasteiger partial charge in [0.15, 0.2) is 0 Å². The van der Waals surface area contributed by atoms with Crippen LogP contribution < -0.4 is 5.32 Å². The number of nitrogens with zero attached hydrogens (tertiary/aromatic N) is 2. The van der Waals surface area contributed by atoms with E-state index in [0.717, 1.165) is 30.6 Å². The van der Waals surface area contributed by atoms with Gasteiger partial charge in [0.05, 0.1) is 0 Å². The van der Waals surface area contributed by atoms with E-state index in [1.54, 1.807) is 0 Å². The SMILES string of the molecule is C#CC(CC)(CC)NC(=O)CN1C(=O)C(=O)N(CCC2=CCCCC2)C1=O. The third-order valence-electron chi connectivity index (χ3n) is 5.34. The Morgan fingerprint density at radius 2 is 1.85 bits per heavy atom. The zero-order valence-electron chi connectivity index (χ0n) is 16.0.